The second-order valence-corrected chi connectivity index (χ2v) is 11.4. The van der Waals surface area contributed by atoms with Gasteiger partial charge in [-0.25, -0.2) is 0 Å². The highest BCUT2D eigenvalue weighted by Gasteiger charge is 2.26. The number of unbranched alkanes of at least 4 members (excludes halogenated alkanes) is 5. The van der Waals surface area contributed by atoms with Crippen LogP contribution in [0.15, 0.2) is 59.7 Å². The molecular formula is C36H50O4. The quantitative estimate of drug-likeness (QED) is 0.130. The van der Waals surface area contributed by atoms with Gasteiger partial charge in [0, 0.05) is 53.1 Å². The van der Waals surface area contributed by atoms with Gasteiger partial charge in [0.25, 0.3) is 0 Å². The van der Waals surface area contributed by atoms with Crippen molar-refractivity contribution in [2.75, 3.05) is 28.4 Å². The second kappa shape index (κ2) is 16.3. The SMILES string of the molecule is COC(CCC1=Cc2ccccc2C1CCCCCCCCC1C(CCC(OC)OC)=Cc2ccccc21)OC. The van der Waals surface area contributed by atoms with E-state index in [1.807, 2.05) is 0 Å². The van der Waals surface area contributed by atoms with Crippen LogP contribution in [0.25, 0.3) is 12.2 Å². The summed E-state index contributed by atoms with van der Waals surface area (Å²) in [5, 5.41) is 0. The van der Waals surface area contributed by atoms with Crippen LogP contribution in [-0.2, 0) is 18.9 Å². The standard InChI is InChI=1S/C36H50O4/c1-37-35(38-2)23-21-29-25-27-15-11-13-19-31(27)33(29)17-9-7-5-6-8-10-18-34-30(22-24-36(39-3)40-4)26-28-16-12-14-20-32(28)34/h11-16,19-20,25-26,33-36H,5-10,17-18,21-24H2,1-4H3. The van der Waals surface area contributed by atoms with E-state index in [0.29, 0.717) is 11.8 Å². The normalized spacial score (nSPS) is 17.9. The third-order valence-corrected chi connectivity index (χ3v) is 8.94. The molecule has 0 saturated heterocycles. The number of fused-ring (bicyclic) bond motifs is 2. The third-order valence-electron chi connectivity index (χ3n) is 8.94. The molecule has 218 valence electrons. The lowest BCUT2D eigenvalue weighted by Crippen LogP contribution is -2.13. The van der Waals surface area contributed by atoms with Crippen LogP contribution in [0, 0.1) is 0 Å². The van der Waals surface area contributed by atoms with E-state index >= 15 is 0 Å². The van der Waals surface area contributed by atoms with E-state index in [9.17, 15) is 0 Å². The molecule has 4 rings (SSSR count). The number of hydrogen-bond acceptors (Lipinski definition) is 4. The molecule has 0 saturated carbocycles. The Kier molecular flexibility index (Phi) is 12.5. The molecule has 2 aliphatic carbocycles. The van der Waals surface area contributed by atoms with Crippen molar-refractivity contribution in [2.45, 2.75) is 101 Å². The maximum absolute atomic E-state index is 5.44. The summed E-state index contributed by atoms with van der Waals surface area (Å²) in [4.78, 5) is 0. The first kappa shape index (κ1) is 30.7. The number of benzene rings is 2. The van der Waals surface area contributed by atoms with Gasteiger partial charge in [0.2, 0.25) is 0 Å². The molecule has 0 heterocycles. The number of hydrogen-bond donors (Lipinski definition) is 0. The largest absolute Gasteiger partial charge is 0.356 e. The summed E-state index contributed by atoms with van der Waals surface area (Å²) in [7, 11) is 6.91. The highest BCUT2D eigenvalue weighted by Crippen LogP contribution is 2.43. The smallest absolute Gasteiger partial charge is 0.157 e. The highest BCUT2D eigenvalue weighted by molar-refractivity contribution is 5.67. The highest BCUT2D eigenvalue weighted by atomic mass is 16.7. The summed E-state index contributed by atoms with van der Waals surface area (Å²) in [5.74, 6) is 1.10. The van der Waals surface area contributed by atoms with Crippen molar-refractivity contribution < 1.29 is 18.9 Å². The molecule has 4 heteroatoms. The summed E-state index contributed by atoms with van der Waals surface area (Å²) in [6.45, 7) is 0. The first-order valence-electron chi connectivity index (χ1n) is 15.4. The summed E-state index contributed by atoms with van der Waals surface area (Å²) in [6, 6.07) is 17.8. The first-order chi connectivity index (χ1) is 19.7. The molecule has 2 unspecified atom stereocenters. The lowest BCUT2D eigenvalue weighted by Gasteiger charge is -2.20. The van der Waals surface area contributed by atoms with Crippen molar-refractivity contribution in [1.82, 2.24) is 0 Å². The van der Waals surface area contributed by atoms with Crippen molar-refractivity contribution in [3.63, 3.8) is 0 Å². The summed E-state index contributed by atoms with van der Waals surface area (Å²) in [5.41, 5.74) is 8.90. The maximum atomic E-state index is 5.44. The minimum absolute atomic E-state index is 0.123. The van der Waals surface area contributed by atoms with Gasteiger partial charge in [0.15, 0.2) is 12.6 Å². The monoisotopic (exact) mass is 546 g/mol. The Balaban J connectivity index is 1.18. The summed E-state index contributed by atoms with van der Waals surface area (Å²) in [6.07, 6.45) is 18.8. The predicted molar refractivity (Wildman–Crippen MR) is 165 cm³/mol. The number of ether oxygens (including phenoxy) is 4. The Morgan fingerprint density at radius 3 is 1.30 bits per heavy atom. The molecule has 4 nitrogen and oxygen atoms in total. The Hall–Kier alpha value is -2.24. The molecule has 0 aromatic heterocycles. The molecule has 0 N–H and O–H groups in total. The minimum atomic E-state index is -0.123. The van der Waals surface area contributed by atoms with Crippen molar-refractivity contribution in [2.24, 2.45) is 0 Å². The molecule has 0 aliphatic heterocycles. The van der Waals surface area contributed by atoms with Crippen LogP contribution in [0.5, 0.6) is 0 Å². The zero-order chi connectivity index (χ0) is 28.2. The van der Waals surface area contributed by atoms with E-state index in [-0.39, 0.29) is 12.6 Å². The topological polar surface area (TPSA) is 36.9 Å². The predicted octanol–water partition coefficient (Wildman–Crippen LogP) is 9.27. The molecule has 2 aliphatic rings. The van der Waals surface area contributed by atoms with Gasteiger partial charge in [-0.05, 0) is 47.9 Å². The van der Waals surface area contributed by atoms with E-state index in [0.717, 1.165) is 25.7 Å². The van der Waals surface area contributed by atoms with Gasteiger partial charge in [-0.2, -0.15) is 0 Å². The van der Waals surface area contributed by atoms with Crippen LogP contribution in [0.4, 0.5) is 0 Å². The Bertz CT molecular complexity index is 1010. The summed E-state index contributed by atoms with van der Waals surface area (Å²) < 4.78 is 21.8. The van der Waals surface area contributed by atoms with Crippen LogP contribution in [0.3, 0.4) is 0 Å². The lowest BCUT2D eigenvalue weighted by molar-refractivity contribution is -0.106. The molecule has 0 bridgehead atoms. The number of rotatable bonds is 19. The van der Waals surface area contributed by atoms with Crippen LogP contribution < -0.4 is 0 Å². The van der Waals surface area contributed by atoms with Gasteiger partial charge in [-0.15, -0.1) is 0 Å². The van der Waals surface area contributed by atoms with Gasteiger partial charge in [0.1, 0.15) is 0 Å². The molecule has 2 aromatic rings. The fraction of sp³-hybridized carbons (Fsp3) is 0.556. The Morgan fingerprint density at radius 1 is 0.525 bits per heavy atom. The fourth-order valence-electron chi connectivity index (χ4n) is 6.73. The molecule has 2 atom stereocenters. The molecule has 40 heavy (non-hydrogen) atoms. The van der Waals surface area contributed by atoms with Gasteiger partial charge >= 0.3 is 0 Å². The Labute approximate surface area is 242 Å². The van der Waals surface area contributed by atoms with Gasteiger partial charge in [-0.3, -0.25) is 0 Å². The second-order valence-electron chi connectivity index (χ2n) is 11.4. The van der Waals surface area contributed by atoms with E-state index in [1.54, 1.807) is 39.6 Å². The zero-order valence-corrected chi connectivity index (χ0v) is 25.2. The molecule has 0 radical (unpaired) electrons. The number of allylic oxidation sites excluding steroid dienone is 2. The average Bonchev–Trinajstić information content (AvgIpc) is 3.53. The van der Waals surface area contributed by atoms with Crippen molar-refractivity contribution >= 4 is 12.2 Å². The van der Waals surface area contributed by atoms with Crippen LogP contribution in [-0.4, -0.2) is 41.0 Å². The maximum Gasteiger partial charge on any atom is 0.157 e. The fourth-order valence-corrected chi connectivity index (χ4v) is 6.73. The minimum Gasteiger partial charge on any atom is -0.356 e. The van der Waals surface area contributed by atoms with E-state index in [4.69, 9.17) is 18.9 Å². The van der Waals surface area contributed by atoms with Crippen LogP contribution in [0.2, 0.25) is 0 Å². The summed E-state index contributed by atoms with van der Waals surface area (Å²) >= 11 is 0. The zero-order valence-electron chi connectivity index (χ0n) is 25.2. The van der Waals surface area contributed by atoms with E-state index in [2.05, 4.69) is 60.7 Å². The van der Waals surface area contributed by atoms with Gasteiger partial charge in [0.05, 0.1) is 0 Å². The number of methoxy groups -OCH3 is 4. The average molecular weight is 547 g/mol. The van der Waals surface area contributed by atoms with Crippen molar-refractivity contribution in [3.8, 4) is 0 Å². The lowest BCUT2D eigenvalue weighted by atomic mass is 9.87. The molecule has 2 aromatic carbocycles. The van der Waals surface area contributed by atoms with Gasteiger partial charge in [-0.1, -0.05) is 110 Å². The third kappa shape index (κ3) is 8.16. The first-order valence-corrected chi connectivity index (χ1v) is 15.4. The molecule has 0 spiro atoms. The van der Waals surface area contributed by atoms with Crippen molar-refractivity contribution in [1.29, 1.82) is 0 Å². The molecule has 0 amide bonds. The molecule has 0 fully saturated rings. The van der Waals surface area contributed by atoms with E-state index < -0.39 is 0 Å². The molecular weight excluding hydrogens is 496 g/mol. The van der Waals surface area contributed by atoms with E-state index in [1.165, 1.54) is 73.6 Å². The van der Waals surface area contributed by atoms with Crippen molar-refractivity contribution in [3.05, 3.63) is 81.9 Å². The Morgan fingerprint density at radius 2 is 0.900 bits per heavy atom. The van der Waals surface area contributed by atoms with Crippen LogP contribution in [0.1, 0.15) is 111 Å². The van der Waals surface area contributed by atoms with Crippen LogP contribution >= 0.6 is 0 Å². The van der Waals surface area contributed by atoms with Gasteiger partial charge < -0.3 is 18.9 Å².